The maximum atomic E-state index is 9.45. The van der Waals surface area contributed by atoms with Crippen molar-refractivity contribution in [2.24, 2.45) is 0 Å². The minimum atomic E-state index is -0.415. The first kappa shape index (κ1) is 9.71. The lowest BCUT2D eigenvalue weighted by Crippen LogP contribution is -2.21. The lowest BCUT2D eigenvalue weighted by Gasteiger charge is -2.12. The molecule has 0 aromatic carbocycles. The molecule has 0 spiro atoms. The summed E-state index contributed by atoms with van der Waals surface area (Å²) < 4.78 is 5.47. The van der Waals surface area contributed by atoms with Crippen molar-refractivity contribution >= 4 is 0 Å². The van der Waals surface area contributed by atoms with Gasteiger partial charge in [-0.15, -0.1) is 6.58 Å². The Hall–Kier alpha value is -0.380. The molecule has 2 N–H and O–H groups in total. The summed E-state index contributed by atoms with van der Waals surface area (Å²) in [5.74, 6) is 0. The summed E-state index contributed by atoms with van der Waals surface area (Å²) in [6.07, 6.45) is 3.25. The van der Waals surface area contributed by atoms with E-state index >= 15 is 0 Å². The van der Waals surface area contributed by atoms with Crippen LogP contribution in [0.1, 0.15) is 19.3 Å². The lowest BCUT2D eigenvalue weighted by atomic mass is 10.1. The van der Waals surface area contributed by atoms with Crippen molar-refractivity contribution in [3.8, 4) is 0 Å². The van der Waals surface area contributed by atoms with Gasteiger partial charge >= 0.3 is 0 Å². The van der Waals surface area contributed by atoms with Crippen molar-refractivity contribution in [1.82, 2.24) is 0 Å². The van der Waals surface area contributed by atoms with E-state index in [0.717, 1.165) is 6.42 Å². The van der Waals surface area contributed by atoms with Crippen LogP contribution in [0.3, 0.4) is 0 Å². The first-order valence-corrected chi connectivity index (χ1v) is 4.33. The van der Waals surface area contributed by atoms with E-state index in [1.165, 1.54) is 0 Å². The molecule has 3 atom stereocenters. The zero-order valence-corrected chi connectivity index (χ0v) is 7.15. The number of aliphatic hydroxyl groups is 2. The molecule has 0 amide bonds. The summed E-state index contributed by atoms with van der Waals surface area (Å²) in [6.45, 7) is 3.68. The van der Waals surface area contributed by atoms with Crippen LogP contribution < -0.4 is 0 Å². The summed E-state index contributed by atoms with van der Waals surface area (Å²) >= 11 is 0. The van der Waals surface area contributed by atoms with Gasteiger partial charge in [0.05, 0.1) is 18.3 Å². The molecule has 0 radical (unpaired) electrons. The van der Waals surface area contributed by atoms with Crippen LogP contribution >= 0.6 is 0 Å². The molecule has 1 aliphatic heterocycles. The van der Waals surface area contributed by atoms with Gasteiger partial charge in [-0.2, -0.15) is 0 Å². The number of rotatable bonds is 4. The molecular weight excluding hydrogens is 156 g/mol. The molecule has 1 heterocycles. The summed E-state index contributed by atoms with van der Waals surface area (Å²) in [7, 11) is 0. The molecule has 0 unspecified atom stereocenters. The third-order valence-electron chi connectivity index (χ3n) is 2.14. The molecular formula is C9H16O3. The van der Waals surface area contributed by atoms with Crippen LogP contribution in [-0.4, -0.2) is 35.1 Å². The van der Waals surface area contributed by atoms with Crippen molar-refractivity contribution in [3.05, 3.63) is 12.7 Å². The van der Waals surface area contributed by atoms with E-state index in [0.29, 0.717) is 12.8 Å². The van der Waals surface area contributed by atoms with Crippen LogP contribution in [0.5, 0.6) is 0 Å². The Labute approximate surface area is 72.7 Å². The standard InChI is InChI=1S/C9H16O3/c1-2-3-7-6-8(11)9(12-7)4-5-10/h2,7-11H,1,3-6H2/t7-,8+,9-/m1/s1. The van der Waals surface area contributed by atoms with Gasteiger partial charge in [0.25, 0.3) is 0 Å². The number of aliphatic hydroxyl groups excluding tert-OH is 2. The van der Waals surface area contributed by atoms with Crippen molar-refractivity contribution in [2.75, 3.05) is 6.61 Å². The zero-order valence-electron chi connectivity index (χ0n) is 7.15. The van der Waals surface area contributed by atoms with Crippen LogP contribution in [-0.2, 0) is 4.74 Å². The maximum Gasteiger partial charge on any atom is 0.0860 e. The summed E-state index contributed by atoms with van der Waals surface area (Å²) in [5, 5.41) is 18.1. The predicted octanol–water partition coefficient (Wildman–Crippen LogP) is 0.463. The Bertz CT molecular complexity index is 147. The highest BCUT2D eigenvalue weighted by atomic mass is 16.5. The van der Waals surface area contributed by atoms with E-state index < -0.39 is 6.10 Å². The summed E-state index contributed by atoms with van der Waals surface area (Å²) in [4.78, 5) is 0. The number of hydrogen-bond acceptors (Lipinski definition) is 3. The highest BCUT2D eigenvalue weighted by Crippen LogP contribution is 2.24. The van der Waals surface area contributed by atoms with Gasteiger partial charge in [-0.25, -0.2) is 0 Å². The van der Waals surface area contributed by atoms with E-state index in [1.54, 1.807) is 6.08 Å². The molecule has 1 saturated heterocycles. The molecule has 0 bridgehead atoms. The second-order valence-corrected chi connectivity index (χ2v) is 3.14. The van der Waals surface area contributed by atoms with Gasteiger partial charge in [-0.3, -0.25) is 0 Å². The minimum Gasteiger partial charge on any atom is -0.396 e. The largest absolute Gasteiger partial charge is 0.396 e. The Morgan fingerprint density at radius 3 is 2.92 bits per heavy atom. The van der Waals surface area contributed by atoms with Crippen LogP contribution in [0.2, 0.25) is 0 Å². The van der Waals surface area contributed by atoms with E-state index in [9.17, 15) is 5.11 Å². The first-order chi connectivity index (χ1) is 5.77. The minimum absolute atomic E-state index is 0.0720. The predicted molar refractivity (Wildman–Crippen MR) is 45.8 cm³/mol. The van der Waals surface area contributed by atoms with Gasteiger partial charge in [0.2, 0.25) is 0 Å². The fourth-order valence-electron chi connectivity index (χ4n) is 1.54. The highest BCUT2D eigenvalue weighted by Gasteiger charge is 2.32. The third kappa shape index (κ3) is 2.30. The van der Waals surface area contributed by atoms with Crippen molar-refractivity contribution in [1.29, 1.82) is 0 Å². The topological polar surface area (TPSA) is 49.7 Å². The van der Waals surface area contributed by atoms with Gasteiger partial charge in [0.15, 0.2) is 0 Å². The molecule has 3 nitrogen and oxygen atoms in total. The van der Waals surface area contributed by atoms with Crippen LogP contribution in [0.15, 0.2) is 12.7 Å². The molecule has 0 aromatic rings. The number of hydrogen-bond donors (Lipinski definition) is 2. The van der Waals surface area contributed by atoms with Crippen molar-refractivity contribution in [3.63, 3.8) is 0 Å². The van der Waals surface area contributed by atoms with Gasteiger partial charge in [-0.1, -0.05) is 6.08 Å². The Balaban J connectivity index is 2.33. The van der Waals surface area contributed by atoms with E-state index in [4.69, 9.17) is 9.84 Å². The maximum absolute atomic E-state index is 9.45. The molecule has 1 rings (SSSR count). The van der Waals surface area contributed by atoms with E-state index in [-0.39, 0.29) is 18.8 Å². The Kier molecular flexibility index (Phi) is 3.72. The molecule has 12 heavy (non-hydrogen) atoms. The molecule has 1 aliphatic rings. The normalized spacial score (nSPS) is 35.3. The van der Waals surface area contributed by atoms with E-state index in [2.05, 4.69) is 6.58 Å². The molecule has 0 saturated carbocycles. The van der Waals surface area contributed by atoms with Gasteiger partial charge in [-0.05, 0) is 12.8 Å². The smallest absolute Gasteiger partial charge is 0.0860 e. The Morgan fingerprint density at radius 1 is 1.58 bits per heavy atom. The molecule has 1 fully saturated rings. The molecule has 0 aromatic heterocycles. The van der Waals surface area contributed by atoms with Crippen LogP contribution in [0, 0.1) is 0 Å². The van der Waals surface area contributed by atoms with Crippen molar-refractivity contribution < 1.29 is 14.9 Å². The Morgan fingerprint density at radius 2 is 2.33 bits per heavy atom. The first-order valence-electron chi connectivity index (χ1n) is 4.33. The zero-order chi connectivity index (χ0) is 8.97. The molecule has 3 heteroatoms. The summed E-state index contributed by atoms with van der Waals surface area (Å²) in [5.41, 5.74) is 0. The van der Waals surface area contributed by atoms with E-state index in [1.807, 2.05) is 0 Å². The quantitative estimate of drug-likeness (QED) is 0.606. The second-order valence-electron chi connectivity index (χ2n) is 3.14. The molecule has 70 valence electrons. The van der Waals surface area contributed by atoms with Gasteiger partial charge < -0.3 is 14.9 Å². The fraction of sp³-hybridized carbons (Fsp3) is 0.778. The van der Waals surface area contributed by atoms with Crippen molar-refractivity contribution in [2.45, 2.75) is 37.6 Å². The monoisotopic (exact) mass is 172 g/mol. The van der Waals surface area contributed by atoms with Gasteiger partial charge in [0.1, 0.15) is 0 Å². The van der Waals surface area contributed by atoms with Crippen LogP contribution in [0.4, 0.5) is 0 Å². The average molecular weight is 172 g/mol. The SMILES string of the molecule is C=CC[C@@H]1C[C@H](O)[C@@H](CCO)O1. The lowest BCUT2D eigenvalue weighted by molar-refractivity contribution is -0.00207. The molecule has 0 aliphatic carbocycles. The van der Waals surface area contributed by atoms with Gasteiger partial charge in [0, 0.05) is 13.0 Å². The number of ether oxygens (including phenoxy) is 1. The highest BCUT2D eigenvalue weighted by molar-refractivity contribution is 4.85. The second kappa shape index (κ2) is 4.60. The van der Waals surface area contributed by atoms with Crippen LogP contribution in [0.25, 0.3) is 0 Å². The third-order valence-corrected chi connectivity index (χ3v) is 2.14. The summed E-state index contributed by atoms with van der Waals surface area (Å²) in [6, 6.07) is 0. The fourth-order valence-corrected chi connectivity index (χ4v) is 1.54. The average Bonchev–Trinajstić information content (AvgIpc) is 2.34.